The second-order valence-corrected chi connectivity index (χ2v) is 8.72. The number of hydrogen-bond acceptors (Lipinski definition) is 7. The van der Waals surface area contributed by atoms with Gasteiger partial charge in [0.05, 0.1) is 19.9 Å². The van der Waals surface area contributed by atoms with Crippen molar-refractivity contribution in [3.63, 3.8) is 0 Å². The fourth-order valence-electron chi connectivity index (χ4n) is 3.78. The molecule has 1 aromatic heterocycles. The van der Waals surface area contributed by atoms with Crippen LogP contribution in [0.15, 0.2) is 48.5 Å². The molecule has 0 amide bonds. The number of hydrogen-bond donors (Lipinski definition) is 0. The lowest BCUT2D eigenvalue weighted by Gasteiger charge is -2.26. The van der Waals surface area contributed by atoms with E-state index in [-0.39, 0.29) is 17.0 Å². The number of carbonyl (C=O) groups excluding carboxylic acids is 2. The molecule has 4 rings (SSSR count). The standard InChI is InChI=1S/C24H24FN3O4S/c1-31-23(29)20-21(26-28(22(20)24(30)32-2)18-6-4-3-5-7-18)16-8-9-17(19(25)14-16)15-27-10-12-33-13-11-27/h3-9,14H,10-13,15H2,1-2H3. The zero-order chi connectivity index (χ0) is 23.4. The van der Waals surface area contributed by atoms with Crippen molar-refractivity contribution in [3.8, 4) is 16.9 Å². The summed E-state index contributed by atoms with van der Waals surface area (Å²) in [5.41, 5.74) is 1.47. The summed E-state index contributed by atoms with van der Waals surface area (Å²) in [6.07, 6.45) is 0. The lowest BCUT2D eigenvalue weighted by molar-refractivity contribution is 0.0549. The molecule has 0 aliphatic carbocycles. The molecule has 33 heavy (non-hydrogen) atoms. The van der Waals surface area contributed by atoms with Crippen LogP contribution in [0, 0.1) is 5.82 Å². The minimum atomic E-state index is -0.761. The van der Waals surface area contributed by atoms with Crippen molar-refractivity contribution in [3.05, 3.63) is 71.2 Å². The van der Waals surface area contributed by atoms with Crippen LogP contribution in [0.3, 0.4) is 0 Å². The summed E-state index contributed by atoms with van der Waals surface area (Å²) in [6, 6.07) is 13.6. The Hall–Kier alpha value is -3.17. The molecule has 0 N–H and O–H groups in total. The molecular formula is C24H24FN3O4S. The van der Waals surface area contributed by atoms with Gasteiger partial charge in [-0.15, -0.1) is 0 Å². The van der Waals surface area contributed by atoms with Gasteiger partial charge in [-0.2, -0.15) is 16.9 Å². The molecule has 1 aliphatic heterocycles. The molecule has 0 radical (unpaired) electrons. The Kier molecular flexibility index (Phi) is 7.10. The number of esters is 2. The predicted octanol–water partition coefficient (Wildman–Crippen LogP) is 3.80. The summed E-state index contributed by atoms with van der Waals surface area (Å²) in [4.78, 5) is 27.6. The fourth-order valence-corrected chi connectivity index (χ4v) is 4.76. The van der Waals surface area contributed by atoms with E-state index >= 15 is 4.39 Å². The summed E-state index contributed by atoms with van der Waals surface area (Å²) >= 11 is 1.90. The maximum Gasteiger partial charge on any atom is 0.357 e. The Morgan fingerprint density at radius 3 is 2.36 bits per heavy atom. The van der Waals surface area contributed by atoms with Crippen LogP contribution in [0.5, 0.6) is 0 Å². The molecule has 2 heterocycles. The molecule has 2 aromatic carbocycles. The first-order valence-electron chi connectivity index (χ1n) is 10.5. The third-order valence-corrected chi connectivity index (χ3v) is 6.42. The zero-order valence-corrected chi connectivity index (χ0v) is 19.2. The highest BCUT2D eigenvalue weighted by Crippen LogP contribution is 2.30. The number of ether oxygens (including phenoxy) is 2. The fraction of sp³-hybridized carbons (Fsp3) is 0.292. The van der Waals surface area contributed by atoms with Crippen LogP contribution in [0.2, 0.25) is 0 Å². The largest absolute Gasteiger partial charge is 0.465 e. The molecule has 9 heteroatoms. The highest BCUT2D eigenvalue weighted by Gasteiger charge is 2.31. The minimum Gasteiger partial charge on any atom is -0.465 e. The molecule has 7 nitrogen and oxygen atoms in total. The number of aromatic nitrogens is 2. The van der Waals surface area contributed by atoms with E-state index in [9.17, 15) is 9.59 Å². The van der Waals surface area contributed by atoms with Crippen molar-refractivity contribution < 1.29 is 23.5 Å². The lowest BCUT2D eigenvalue weighted by Crippen LogP contribution is -2.32. The predicted molar refractivity (Wildman–Crippen MR) is 124 cm³/mol. The molecule has 0 saturated carbocycles. The minimum absolute atomic E-state index is 0.0755. The van der Waals surface area contributed by atoms with Crippen molar-refractivity contribution in [2.45, 2.75) is 6.54 Å². The second kappa shape index (κ2) is 10.2. The molecule has 172 valence electrons. The van der Waals surface area contributed by atoms with Crippen LogP contribution in [-0.4, -0.2) is 65.4 Å². The molecule has 1 aliphatic rings. The van der Waals surface area contributed by atoms with Crippen molar-refractivity contribution in [1.29, 1.82) is 0 Å². The third-order valence-electron chi connectivity index (χ3n) is 5.48. The van der Waals surface area contributed by atoms with Crippen molar-refractivity contribution in [1.82, 2.24) is 14.7 Å². The van der Waals surface area contributed by atoms with Gasteiger partial charge < -0.3 is 9.47 Å². The van der Waals surface area contributed by atoms with Crippen molar-refractivity contribution in [2.24, 2.45) is 0 Å². The van der Waals surface area contributed by atoms with Gasteiger partial charge in [-0.05, 0) is 18.2 Å². The Bertz CT molecular complexity index is 1160. The Balaban J connectivity index is 1.81. The summed E-state index contributed by atoms with van der Waals surface area (Å²) in [5, 5.41) is 4.51. The number of benzene rings is 2. The molecule has 0 bridgehead atoms. The lowest BCUT2D eigenvalue weighted by atomic mass is 10.0. The molecule has 1 fully saturated rings. The molecule has 1 saturated heterocycles. The van der Waals surface area contributed by atoms with E-state index in [1.807, 2.05) is 17.8 Å². The van der Waals surface area contributed by atoms with E-state index in [0.717, 1.165) is 24.6 Å². The number of rotatable bonds is 6. The average Bonchev–Trinajstić information content (AvgIpc) is 3.26. The molecule has 0 unspecified atom stereocenters. The Morgan fingerprint density at radius 2 is 1.73 bits per heavy atom. The number of nitrogens with zero attached hydrogens (tertiary/aromatic N) is 3. The number of para-hydroxylation sites is 1. The van der Waals surface area contributed by atoms with Gasteiger partial charge in [0.2, 0.25) is 0 Å². The quantitative estimate of drug-likeness (QED) is 0.509. The monoisotopic (exact) mass is 469 g/mol. The van der Waals surface area contributed by atoms with Crippen LogP contribution in [0.4, 0.5) is 4.39 Å². The summed E-state index contributed by atoms with van der Waals surface area (Å²) in [5.74, 6) is 0.168. The van der Waals surface area contributed by atoms with E-state index in [2.05, 4.69) is 10.00 Å². The van der Waals surface area contributed by atoms with E-state index in [1.165, 1.54) is 25.0 Å². The van der Waals surface area contributed by atoms with Gasteiger partial charge in [-0.25, -0.2) is 18.7 Å². The summed E-state index contributed by atoms with van der Waals surface area (Å²) in [6.45, 7) is 2.35. The molecule has 0 spiro atoms. The maximum atomic E-state index is 15.1. The zero-order valence-electron chi connectivity index (χ0n) is 18.4. The highest BCUT2D eigenvalue weighted by molar-refractivity contribution is 7.99. The number of halogens is 1. The molecule has 0 atom stereocenters. The van der Waals surface area contributed by atoms with Crippen LogP contribution in [0.1, 0.15) is 26.4 Å². The van der Waals surface area contributed by atoms with Crippen LogP contribution >= 0.6 is 11.8 Å². The molecule has 3 aromatic rings. The smallest absolute Gasteiger partial charge is 0.357 e. The van der Waals surface area contributed by atoms with Gasteiger partial charge in [-0.3, -0.25) is 4.90 Å². The maximum absolute atomic E-state index is 15.1. The van der Waals surface area contributed by atoms with Gasteiger partial charge >= 0.3 is 11.9 Å². The van der Waals surface area contributed by atoms with E-state index in [4.69, 9.17) is 9.47 Å². The first-order chi connectivity index (χ1) is 16.0. The SMILES string of the molecule is COC(=O)c1c(-c2ccc(CN3CCSCC3)c(F)c2)nn(-c2ccccc2)c1C(=O)OC. The first kappa shape index (κ1) is 23.0. The second-order valence-electron chi connectivity index (χ2n) is 7.50. The first-order valence-corrected chi connectivity index (χ1v) is 11.6. The molecular weight excluding hydrogens is 445 g/mol. The normalized spacial score (nSPS) is 14.2. The van der Waals surface area contributed by atoms with Crippen molar-refractivity contribution in [2.75, 3.05) is 38.8 Å². The topological polar surface area (TPSA) is 73.7 Å². The third kappa shape index (κ3) is 4.79. The Morgan fingerprint density at radius 1 is 1.03 bits per heavy atom. The number of methoxy groups -OCH3 is 2. The van der Waals surface area contributed by atoms with E-state index in [0.29, 0.717) is 23.4 Å². The van der Waals surface area contributed by atoms with E-state index in [1.54, 1.807) is 36.4 Å². The average molecular weight is 470 g/mol. The van der Waals surface area contributed by atoms with Gasteiger partial charge in [0.1, 0.15) is 17.1 Å². The number of carbonyl (C=O) groups is 2. The van der Waals surface area contributed by atoms with Crippen LogP contribution in [0.25, 0.3) is 16.9 Å². The summed E-state index contributed by atoms with van der Waals surface area (Å²) in [7, 11) is 2.44. The van der Waals surface area contributed by atoms with Gasteiger partial charge in [-0.1, -0.05) is 30.3 Å². The van der Waals surface area contributed by atoms with Gasteiger partial charge in [0, 0.05) is 42.3 Å². The summed E-state index contributed by atoms with van der Waals surface area (Å²) < 4.78 is 26.3. The Labute approximate surface area is 195 Å². The van der Waals surface area contributed by atoms with Crippen molar-refractivity contribution >= 4 is 23.7 Å². The van der Waals surface area contributed by atoms with E-state index < -0.39 is 17.8 Å². The van der Waals surface area contributed by atoms with Gasteiger partial charge in [0.15, 0.2) is 5.69 Å². The van der Waals surface area contributed by atoms with Crippen LogP contribution < -0.4 is 0 Å². The van der Waals surface area contributed by atoms with Gasteiger partial charge in [0.25, 0.3) is 0 Å². The highest BCUT2D eigenvalue weighted by atomic mass is 32.2. The number of thioether (sulfide) groups is 1. The van der Waals surface area contributed by atoms with Crippen LogP contribution in [-0.2, 0) is 16.0 Å².